The van der Waals surface area contributed by atoms with Gasteiger partial charge in [0.2, 0.25) is 0 Å². The molecule has 27 heavy (non-hydrogen) atoms. The number of hydrogen-bond donors (Lipinski definition) is 3. The van der Waals surface area contributed by atoms with Gasteiger partial charge in [-0.15, -0.1) is 0 Å². The molecule has 0 atom stereocenters. The molecule has 0 unspecified atom stereocenters. The highest BCUT2D eigenvalue weighted by Gasteiger charge is 2.10. The number of anilines is 2. The molecule has 0 aliphatic heterocycles. The summed E-state index contributed by atoms with van der Waals surface area (Å²) in [5, 5.41) is 8.56. The van der Waals surface area contributed by atoms with E-state index >= 15 is 0 Å². The molecule has 3 aromatic carbocycles. The van der Waals surface area contributed by atoms with E-state index < -0.39 is 0 Å². The van der Waals surface area contributed by atoms with Crippen molar-refractivity contribution in [3.8, 4) is 0 Å². The Morgan fingerprint density at radius 2 is 1.33 bits per heavy atom. The number of benzene rings is 3. The van der Waals surface area contributed by atoms with Crippen LogP contribution in [0.4, 0.5) is 16.2 Å². The van der Waals surface area contributed by atoms with Gasteiger partial charge < -0.3 is 16.0 Å². The molecule has 3 rings (SSSR count). The number of rotatable bonds is 5. The van der Waals surface area contributed by atoms with Crippen LogP contribution in [0.2, 0.25) is 0 Å². The number of amides is 3. The molecule has 0 bridgehead atoms. The highest BCUT2D eigenvalue weighted by Crippen LogP contribution is 2.17. The minimum Gasteiger partial charge on any atom is -0.348 e. The molecule has 5 nitrogen and oxygen atoms in total. The maximum atomic E-state index is 12.3. The first-order chi connectivity index (χ1) is 13.1. The first-order valence-electron chi connectivity index (χ1n) is 8.68. The van der Waals surface area contributed by atoms with Crippen molar-refractivity contribution >= 4 is 23.3 Å². The van der Waals surface area contributed by atoms with Crippen LogP contribution in [0, 0.1) is 6.92 Å². The third-order valence-electron chi connectivity index (χ3n) is 4.13. The smallest absolute Gasteiger partial charge is 0.323 e. The maximum Gasteiger partial charge on any atom is 0.323 e. The van der Waals surface area contributed by atoms with Crippen molar-refractivity contribution in [2.75, 3.05) is 10.6 Å². The predicted octanol–water partition coefficient (Wildman–Crippen LogP) is 4.57. The van der Waals surface area contributed by atoms with Crippen LogP contribution in [-0.2, 0) is 6.54 Å². The van der Waals surface area contributed by atoms with E-state index in [0.29, 0.717) is 17.8 Å². The lowest BCUT2D eigenvalue weighted by molar-refractivity contribution is 0.0951. The summed E-state index contributed by atoms with van der Waals surface area (Å²) in [6.07, 6.45) is 0. The van der Waals surface area contributed by atoms with Crippen molar-refractivity contribution in [2.45, 2.75) is 13.5 Å². The Labute approximate surface area is 158 Å². The summed E-state index contributed by atoms with van der Waals surface area (Å²) in [6, 6.07) is 23.7. The maximum absolute atomic E-state index is 12.3. The molecule has 0 saturated heterocycles. The van der Waals surface area contributed by atoms with Gasteiger partial charge in [-0.25, -0.2) is 4.79 Å². The van der Waals surface area contributed by atoms with Crippen molar-refractivity contribution in [3.05, 3.63) is 95.6 Å². The molecule has 3 amide bonds. The molecule has 0 aromatic heterocycles. The largest absolute Gasteiger partial charge is 0.348 e. The van der Waals surface area contributed by atoms with Crippen LogP contribution in [-0.4, -0.2) is 11.9 Å². The highest BCUT2D eigenvalue weighted by molar-refractivity contribution is 6.00. The average Bonchev–Trinajstić information content (AvgIpc) is 2.69. The molecule has 0 heterocycles. The van der Waals surface area contributed by atoms with Gasteiger partial charge in [0.15, 0.2) is 0 Å². The number of nitrogens with one attached hydrogen (secondary N) is 3. The second-order valence-corrected chi connectivity index (χ2v) is 6.10. The lowest BCUT2D eigenvalue weighted by Gasteiger charge is -2.13. The number of carbonyl (C=O) groups excluding carboxylic acids is 2. The fraction of sp³-hybridized carbons (Fsp3) is 0.0909. The van der Waals surface area contributed by atoms with E-state index in [1.54, 1.807) is 18.2 Å². The Balaban J connectivity index is 1.64. The molecule has 136 valence electrons. The summed E-state index contributed by atoms with van der Waals surface area (Å²) in [4.78, 5) is 24.6. The van der Waals surface area contributed by atoms with Gasteiger partial charge in [-0.2, -0.15) is 0 Å². The zero-order valence-electron chi connectivity index (χ0n) is 15.0. The lowest BCUT2D eigenvalue weighted by atomic mass is 10.1. The summed E-state index contributed by atoms with van der Waals surface area (Å²) in [5.41, 5.74) is 3.81. The van der Waals surface area contributed by atoms with Gasteiger partial charge in [-0.1, -0.05) is 54.6 Å². The molecule has 3 N–H and O–H groups in total. The number of carbonyl (C=O) groups is 2. The normalized spacial score (nSPS) is 10.1. The molecular weight excluding hydrogens is 338 g/mol. The van der Waals surface area contributed by atoms with E-state index in [0.717, 1.165) is 16.8 Å². The summed E-state index contributed by atoms with van der Waals surface area (Å²) in [6.45, 7) is 2.25. The minimum absolute atomic E-state index is 0.158. The van der Waals surface area contributed by atoms with Crippen molar-refractivity contribution < 1.29 is 9.59 Å². The van der Waals surface area contributed by atoms with E-state index in [1.165, 1.54) is 0 Å². The molecule has 3 aromatic rings. The first kappa shape index (κ1) is 18.2. The predicted molar refractivity (Wildman–Crippen MR) is 108 cm³/mol. The van der Waals surface area contributed by atoms with Gasteiger partial charge in [0, 0.05) is 23.5 Å². The summed E-state index contributed by atoms with van der Waals surface area (Å²) in [5.74, 6) is -0.158. The highest BCUT2D eigenvalue weighted by atomic mass is 16.2. The number of aryl methyl sites for hydroxylation is 1. The fourth-order valence-electron chi connectivity index (χ4n) is 2.65. The van der Waals surface area contributed by atoms with Crippen molar-refractivity contribution in [3.63, 3.8) is 0 Å². The van der Waals surface area contributed by atoms with Gasteiger partial charge >= 0.3 is 6.03 Å². The van der Waals surface area contributed by atoms with Crippen LogP contribution in [0.15, 0.2) is 78.9 Å². The third kappa shape index (κ3) is 4.95. The number of urea groups is 1. The third-order valence-corrected chi connectivity index (χ3v) is 4.13. The van der Waals surface area contributed by atoms with Gasteiger partial charge in [-0.05, 0) is 42.3 Å². The number of hydrogen-bond acceptors (Lipinski definition) is 2. The average molecular weight is 359 g/mol. The van der Waals surface area contributed by atoms with E-state index in [2.05, 4.69) is 16.0 Å². The standard InChI is InChI=1S/C22H21N3O2/c1-16-9-5-7-13-19(16)24-22(27)25-20-14-8-6-12-18(20)15-23-21(26)17-10-3-2-4-11-17/h2-14H,15H2,1H3,(H,23,26)(H2,24,25,27). The molecule has 0 aliphatic carbocycles. The lowest BCUT2D eigenvalue weighted by Crippen LogP contribution is -2.25. The monoisotopic (exact) mass is 359 g/mol. The summed E-state index contributed by atoms with van der Waals surface area (Å²) in [7, 11) is 0. The Hall–Kier alpha value is -3.60. The minimum atomic E-state index is -0.328. The van der Waals surface area contributed by atoms with Gasteiger partial charge in [0.05, 0.1) is 0 Å². The molecular formula is C22H21N3O2. The SMILES string of the molecule is Cc1ccccc1NC(=O)Nc1ccccc1CNC(=O)c1ccccc1. The summed E-state index contributed by atoms with van der Waals surface area (Å²) >= 11 is 0. The quantitative estimate of drug-likeness (QED) is 0.624. The van der Waals surface area contributed by atoms with Gasteiger partial charge in [0.25, 0.3) is 5.91 Å². The second-order valence-electron chi connectivity index (χ2n) is 6.10. The Morgan fingerprint density at radius 1 is 0.741 bits per heavy atom. The van der Waals surface area contributed by atoms with Crippen molar-refractivity contribution in [1.29, 1.82) is 0 Å². The molecule has 0 spiro atoms. The zero-order valence-corrected chi connectivity index (χ0v) is 15.0. The van der Waals surface area contributed by atoms with Gasteiger partial charge in [-0.3, -0.25) is 4.79 Å². The van der Waals surface area contributed by atoms with Crippen molar-refractivity contribution in [1.82, 2.24) is 5.32 Å². The second kappa shape index (κ2) is 8.67. The Kier molecular flexibility index (Phi) is 5.84. The van der Waals surface area contributed by atoms with E-state index in [4.69, 9.17) is 0 Å². The van der Waals surface area contributed by atoms with Crippen LogP contribution in [0.1, 0.15) is 21.5 Å². The van der Waals surface area contributed by atoms with E-state index in [1.807, 2.05) is 67.6 Å². The topological polar surface area (TPSA) is 70.2 Å². The Morgan fingerprint density at radius 3 is 2.07 bits per heavy atom. The molecule has 0 saturated carbocycles. The van der Waals surface area contributed by atoms with E-state index in [9.17, 15) is 9.59 Å². The molecule has 0 aliphatic rings. The van der Waals surface area contributed by atoms with Crippen LogP contribution in [0.5, 0.6) is 0 Å². The molecule has 0 radical (unpaired) electrons. The number of para-hydroxylation sites is 2. The van der Waals surface area contributed by atoms with Gasteiger partial charge in [0.1, 0.15) is 0 Å². The van der Waals surface area contributed by atoms with Crippen LogP contribution < -0.4 is 16.0 Å². The van der Waals surface area contributed by atoms with Crippen LogP contribution in [0.25, 0.3) is 0 Å². The van der Waals surface area contributed by atoms with Crippen LogP contribution >= 0.6 is 0 Å². The first-order valence-corrected chi connectivity index (χ1v) is 8.68. The van der Waals surface area contributed by atoms with E-state index in [-0.39, 0.29) is 11.9 Å². The Bertz CT molecular complexity index is 939. The van der Waals surface area contributed by atoms with Crippen molar-refractivity contribution in [2.24, 2.45) is 0 Å². The molecule has 0 fully saturated rings. The zero-order chi connectivity index (χ0) is 19.1. The molecule has 5 heteroatoms. The summed E-state index contributed by atoms with van der Waals surface area (Å²) < 4.78 is 0. The van der Waals surface area contributed by atoms with Crippen LogP contribution in [0.3, 0.4) is 0 Å². The fourth-order valence-corrected chi connectivity index (χ4v) is 2.65.